The minimum absolute atomic E-state index is 0.112. The number of hydrogen-bond acceptors (Lipinski definition) is 8. The van der Waals surface area contributed by atoms with E-state index in [2.05, 4.69) is 10.6 Å². The average Bonchev–Trinajstić information content (AvgIpc) is 3.77. The van der Waals surface area contributed by atoms with E-state index in [1.807, 2.05) is 24.3 Å². The zero-order valence-corrected chi connectivity index (χ0v) is 25.3. The number of amides is 2. The first-order chi connectivity index (χ1) is 21.7. The number of anilines is 1. The zero-order chi connectivity index (χ0) is 32.1. The number of para-hydroxylation sites is 1. The summed E-state index contributed by atoms with van der Waals surface area (Å²) in [5, 5.41) is 5.81. The molecule has 3 aromatic carbocycles. The van der Waals surface area contributed by atoms with Gasteiger partial charge >= 0.3 is 5.97 Å². The van der Waals surface area contributed by atoms with Crippen LogP contribution in [0.1, 0.15) is 54.1 Å². The SMILES string of the molecule is CC(CN1C(=O)CNC(=O)c2cc(CCCCCN)ccc21)(c1ccccc1)[C@@]1(C(=O)Oc2ccccc2)NC1(C=O)CC=O. The highest BCUT2D eigenvalue weighted by Gasteiger charge is 2.80. The van der Waals surface area contributed by atoms with Crippen molar-refractivity contribution in [3.63, 3.8) is 0 Å². The Morgan fingerprint density at radius 3 is 2.38 bits per heavy atom. The van der Waals surface area contributed by atoms with Crippen LogP contribution >= 0.6 is 0 Å². The molecular formula is C35H38N4O6. The van der Waals surface area contributed by atoms with Crippen molar-refractivity contribution in [3.8, 4) is 5.75 Å². The Bertz CT molecular complexity index is 1580. The lowest BCUT2D eigenvalue weighted by Crippen LogP contribution is -2.60. The van der Waals surface area contributed by atoms with Crippen molar-refractivity contribution in [1.82, 2.24) is 10.6 Å². The molecule has 3 atom stereocenters. The number of hydrogen-bond donors (Lipinski definition) is 3. The third-order valence-corrected chi connectivity index (χ3v) is 9.06. The molecule has 2 aliphatic rings. The molecule has 0 bridgehead atoms. The molecule has 0 aliphatic carbocycles. The van der Waals surface area contributed by atoms with Crippen LogP contribution in [-0.4, -0.2) is 61.1 Å². The van der Waals surface area contributed by atoms with E-state index in [-0.39, 0.29) is 37.1 Å². The largest absolute Gasteiger partial charge is 0.425 e. The lowest BCUT2D eigenvalue weighted by molar-refractivity contribution is -0.141. The zero-order valence-electron chi connectivity index (χ0n) is 25.3. The molecule has 2 unspecified atom stereocenters. The van der Waals surface area contributed by atoms with Crippen molar-refractivity contribution < 1.29 is 28.7 Å². The number of carbonyl (C=O) groups is 5. The third-order valence-electron chi connectivity index (χ3n) is 9.06. The van der Waals surface area contributed by atoms with Crippen molar-refractivity contribution >= 4 is 36.0 Å². The molecule has 2 heterocycles. The number of unbranched alkanes of at least 4 members (excludes halogenated alkanes) is 2. The summed E-state index contributed by atoms with van der Waals surface area (Å²) in [6.45, 7) is 2.03. The van der Waals surface area contributed by atoms with Crippen LogP contribution in [0.15, 0.2) is 78.9 Å². The summed E-state index contributed by atoms with van der Waals surface area (Å²) in [5.74, 6) is -1.27. The molecule has 10 nitrogen and oxygen atoms in total. The number of ether oxygens (including phenoxy) is 1. The fraction of sp³-hybridized carbons (Fsp3) is 0.343. The van der Waals surface area contributed by atoms with Gasteiger partial charge in [-0.05, 0) is 61.2 Å². The van der Waals surface area contributed by atoms with Crippen LogP contribution in [-0.2, 0) is 31.0 Å². The summed E-state index contributed by atoms with van der Waals surface area (Å²) >= 11 is 0. The third kappa shape index (κ3) is 5.79. The highest BCUT2D eigenvalue weighted by Crippen LogP contribution is 2.54. The van der Waals surface area contributed by atoms with E-state index in [4.69, 9.17) is 10.5 Å². The molecular weight excluding hydrogens is 572 g/mol. The van der Waals surface area contributed by atoms with Gasteiger partial charge in [-0.1, -0.05) is 67.9 Å². The van der Waals surface area contributed by atoms with Crippen LogP contribution in [0, 0.1) is 0 Å². The number of fused-ring (bicyclic) bond motifs is 1. The standard InChI is InChI=1S/C35H38N4O6/c1-33(26-12-6-2-7-13-26,35(34(24-41,38-35)18-20-40)32(44)45-27-14-8-3-9-15-27)23-39-29-17-16-25(11-5-4-10-19-36)21-28(29)31(43)37-22-30(39)42/h2-3,6-9,12-17,20-21,24,38H,4-5,10-11,18-19,22-23,36H2,1H3,(H,37,43)/t33?,34?,35-/m1/s1. The first-order valence-electron chi connectivity index (χ1n) is 15.2. The Morgan fingerprint density at radius 1 is 1.00 bits per heavy atom. The maximum absolute atomic E-state index is 14.3. The smallest absolute Gasteiger partial charge is 0.335 e. The van der Waals surface area contributed by atoms with Crippen molar-refractivity contribution in [2.24, 2.45) is 5.73 Å². The number of aryl methyl sites for hydroxylation is 1. The minimum atomic E-state index is -1.74. The Kier molecular flexibility index (Phi) is 9.27. The van der Waals surface area contributed by atoms with E-state index in [0.29, 0.717) is 35.9 Å². The van der Waals surface area contributed by atoms with Crippen molar-refractivity contribution in [2.45, 2.75) is 55.5 Å². The average molecular weight is 611 g/mol. The quantitative estimate of drug-likeness (QED) is 0.0827. The maximum atomic E-state index is 14.3. The van der Waals surface area contributed by atoms with Crippen LogP contribution in [0.25, 0.3) is 0 Å². The lowest BCUT2D eigenvalue weighted by Gasteiger charge is -2.41. The van der Waals surface area contributed by atoms with E-state index in [0.717, 1.165) is 31.2 Å². The Hall–Kier alpha value is -4.67. The summed E-state index contributed by atoms with van der Waals surface area (Å²) in [6, 6.07) is 23.0. The number of nitrogens with zero attached hydrogens (tertiary/aromatic N) is 1. The van der Waals surface area contributed by atoms with Crippen molar-refractivity contribution in [3.05, 3.63) is 95.6 Å². The molecule has 234 valence electrons. The number of nitrogens with two attached hydrogens (primary N) is 1. The van der Waals surface area contributed by atoms with Crippen LogP contribution < -0.4 is 26.0 Å². The molecule has 2 amide bonds. The van der Waals surface area contributed by atoms with Gasteiger partial charge in [-0.3, -0.25) is 14.9 Å². The Balaban J connectivity index is 1.62. The lowest BCUT2D eigenvalue weighted by atomic mass is 9.65. The van der Waals surface area contributed by atoms with E-state index in [9.17, 15) is 24.0 Å². The van der Waals surface area contributed by atoms with E-state index < -0.39 is 22.5 Å². The van der Waals surface area contributed by atoms with Gasteiger partial charge in [0.2, 0.25) is 5.91 Å². The van der Waals surface area contributed by atoms with E-state index in [1.165, 1.54) is 4.90 Å². The first-order valence-corrected chi connectivity index (χ1v) is 15.2. The number of nitrogens with one attached hydrogen (secondary N) is 2. The highest BCUT2D eigenvalue weighted by molar-refractivity contribution is 6.10. The Morgan fingerprint density at radius 2 is 1.71 bits per heavy atom. The van der Waals surface area contributed by atoms with Crippen LogP contribution in [0.4, 0.5) is 5.69 Å². The number of carbonyl (C=O) groups excluding carboxylic acids is 5. The summed E-state index contributed by atoms with van der Waals surface area (Å²) in [7, 11) is 0. The second-order valence-electron chi connectivity index (χ2n) is 11.8. The summed E-state index contributed by atoms with van der Waals surface area (Å²) < 4.78 is 5.86. The summed E-state index contributed by atoms with van der Waals surface area (Å²) in [4.78, 5) is 67.5. The molecule has 1 saturated heterocycles. The monoisotopic (exact) mass is 610 g/mol. The van der Waals surface area contributed by atoms with Crippen molar-refractivity contribution in [1.29, 1.82) is 0 Å². The fourth-order valence-electron chi connectivity index (χ4n) is 6.57. The van der Waals surface area contributed by atoms with Gasteiger partial charge < -0.3 is 30.3 Å². The van der Waals surface area contributed by atoms with Gasteiger partial charge in [0, 0.05) is 18.4 Å². The highest BCUT2D eigenvalue weighted by atomic mass is 16.5. The molecule has 0 aromatic heterocycles. The normalized spacial score (nSPS) is 22.0. The first kappa shape index (κ1) is 31.7. The minimum Gasteiger partial charge on any atom is -0.425 e. The van der Waals surface area contributed by atoms with E-state index in [1.54, 1.807) is 61.5 Å². The van der Waals surface area contributed by atoms with Gasteiger partial charge in [-0.25, -0.2) is 4.79 Å². The summed E-state index contributed by atoms with van der Waals surface area (Å²) in [5.41, 5.74) is 3.28. The molecule has 1 fully saturated rings. The second kappa shape index (κ2) is 13.1. The molecule has 3 aromatic rings. The number of esters is 1. The number of rotatable bonds is 14. The van der Waals surface area contributed by atoms with Gasteiger partial charge in [-0.15, -0.1) is 0 Å². The molecule has 4 N–H and O–H groups in total. The molecule has 0 radical (unpaired) electrons. The topological polar surface area (TPSA) is 158 Å². The number of benzene rings is 3. The predicted octanol–water partition coefficient (Wildman–Crippen LogP) is 2.87. The molecule has 5 rings (SSSR count). The van der Waals surface area contributed by atoms with Gasteiger partial charge in [0.05, 0.1) is 17.8 Å². The van der Waals surface area contributed by atoms with Gasteiger partial charge in [0.25, 0.3) is 5.91 Å². The second-order valence-corrected chi connectivity index (χ2v) is 11.8. The molecule has 10 heteroatoms. The van der Waals surface area contributed by atoms with E-state index >= 15 is 0 Å². The van der Waals surface area contributed by atoms with Crippen LogP contribution in [0.3, 0.4) is 0 Å². The number of aldehydes is 2. The molecule has 0 saturated carbocycles. The van der Waals surface area contributed by atoms with Crippen LogP contribution in [0.5, 0.6) is 5.75 Å². The van der Waals surface area contributed by atoms with Gasteiger partial charge in [0.1, 0.15) is 23.9 Å². The van der Waals surface area contributed by atoms with Crippen LogP contribution in [0.2, 0.25) is 0 Å². The van der Waals surface area contributed by atoms with Crippen molar-refractivity contribution in [2.75, 3.05) is 24.5 Å². The molecule has 45 heavy (non-hydrogen) atoms. The maximum Gasteiger partial charge on any atom is 0.335 e. The summed E-state index contributed by atoms with van der Waals surface area (Å²) in [6.07, 6.45) is 4.43. The predicted molar refractivity (Wildman–Crippen MR) is 169 cm³/mol. The fourth-order valence-corrected chi connectivity index (χ4v) is 6.57. The molecule has 2 aliphatic heterocycles. The van der Waals surface area contributed by atoms with Gasteiger partial charge in [0.15, 0.2) is 5.54 Å². The Labute approximate surface area is 262 Å². The van der Waals surface area contributed by atoms with Gasteiger partial charge in [-0.2, -0.15) is 0 Å². The molecule has 0 spiro atoms.